The number of imidazole rings is 1. The molecule has 14 nitrogen and oxygen atoms in total. The van der Waals surface area contributed by atoms with E-state index in [2.05, 4.69) is 4.98 Å². The van der Waals surface area contributed by atoms with Gasteiger partial charge in [0.05, 0.1) is 13.2 Å². The van der Waals surface area contributed by atoms with Gasteiger partial charge in [-0.3, -0.25) is 28.5 Å². The smallest absolute Gasteiger partial charge is 0.330 e. The number of aryl methyl sites for hydroxylation is 1. The number of aromatic amines is 2. The monoisotopic (exact) mass is 452 g/mol. The summed E-state index contributed by atoms with van der Waals surface area (Å²) in [5.41, 5.74) is -2.92. The first-order valence-electron chi connectivity index (χ1n) is 9.11. The summed E-state index contributed by atoms with van der Waals surface area (Å²) in [4.78, 5) is 58.7. The summed E-state index contributed by atoms with van der Waals surface area (Å²) in [6.07, 6.45) is -4.61. The van der Waals surface area contributed by atoms with Crippen molar-refractivity contribution in [1.82, 2.24) is 19.1 Å². The van der Waals surface area contributed by atoms with Gasteiger partial charge in [-0.05, 0) is 12.8 Å². The number of aliphatic hydroxyl groups excluding tert-OH is 4. The van der Waals surface area contributed by atoms with E-state index in [0.717, 1.165) is 9.13 Å². The molecule has 0 aliphatic heterocycles. The van der Waals surface area contributed by atoms with Crippen molar-refractivity contribution in [3.8, 4) is 0 Å². The second-order valence-corrected chi connectivity index (χ2v) is 8.68. The van der Waals surface area contributed by atoms with Gasteiger partial charge in [-0.25, -0.2) is 9.59 Å². The summed E-state index contributed by atoms with van der Waals surface area (Å²) >= 11 is 0. The summed E-state index contributed by atoms with van der Waals surface area (Å²) < 4.78 is 12.8. The Morgan fingerprint density at radius 3 is 2.20 bits per heavy atom. The Morgan fingerprint density at radius 2 is 1.60 bits per heavy atom. The van der Waals surface area contributed by atoms with E-state index in [1.54, 1.807) is 0 Å². The lowest BCUT2D eigenvalue weighted by Crippen LogP contribution is -2.43. The maximum atomic E-state index is 12.8. The van der Waals surface area contributed by atoms with E-state index in [-0.39, 0.29) is 30.3 Å². The van der Waals surface area contributed by atoms with Crippen LogP contribution < -0.4 is 16.9 Å². The molecule has 8 N–H and O–H groups in total. The van der Waals surface area contributed by atoms with Crippen LogP contribution in [0.3, 0.4) is 0 Å². The lowest BCUT2D eigenvalue weighted by molar-refractivity contribution is -0.0806. The first-order chi connectivity index (χ1) is 14.0. The van der Waals surface area contributed by atoms with Crippen molar-refractivity contribution in [2.45, 2.75) is 50.7 Å². The molecule has 170 valence electrons. The second kappa shape index (κ2) is 9.83. The molecule has 0 amide bonds. The van der Waals surface area contributed by atoms with Crippen molar-refractivity contribution >= 4 is 18.8 Å². The highest BCUT2D eigenvalue weighted by molar-refractivity contribution is 7.51. The minimum atomic E-state index is -4.13. The first-order valence-corrected chi connectivity index (χ1v) is 10.9. The molecule has 0 saturated heterocycles. The van der Waals surface area contributed by atoms with Crippen molar-refractivity contribution < 1.29 is 34.8 Å². The van der Waals surface area contributed by atoms with Crippen molar-refractivity contribution in [2.24, 2.45) is 0 Å². The fourth-order valence-electron chi connectivity index (χ4n) is 3.05. The molecular weight excluding hydrogens is 427 g/mol. The van der Waals surface area contributed by atoms with Gasteiger partial charge >= 0.3 is 19.0 Å². The summed E-state index contributed by atoms with van der Waals surface area (Å²) in [6.45, 7) is -1.42. The van der Waals surface area contributed by atoms with Crippen LogP contribution in [0.2, 0.25) is 0 Å². The van der Waals surface area contributed by atoms with E-state index in [1.807, 2.05) is 4.98 Å². The van der Waals surface area contributed by atoms with Gasteiger partial charge < -0.3 is 30.2 Å². The molecular formula is C15H25N4O10P. The first kappa shape index (κ1) is 24.2. The van der Waals surface area contributed by atoms with Crippen molar-refractivity contribution in [3.63, 3.8) is 0 Å². The average Bonchev–Trinajstić information content (AvgIpc) is 2.91. The van der Waals surface area contributed by atoms with Crippen LogP contribution >= 0.6 is 7.60 Å². The van der Waals surface area contributed by atoms with E-state index in [1.165, 1.54) is 0 Å². The third-order valence-corrected chi connectivity index (χ3v) is 5.48. The Kier molecular flexibility index (Phi) is 7.93. The average molecular weight is 452 g/mol. The number of unbranched alkanes of at least 4 members (excludes halogenated alkanes) is 2. The van der Waals surface area contributed by atoms with E-state index in [0.29, 0.717) is 12.8 Å². The van der Waals surface area contributed by atoms with Gasteiger partial charge in [-0.2, -0.15) is 0 Å². The fourth-order valence-corrected chi connectivity index (χ4v) is 3.69. The zero-order valence-electron chi connectivity index (χ0n) is 15.8. The van der Waals surface area contributed by atoms with E-state index >= 15 is 0 Å². The van der Waals surface area contributed by atoms with E-state index < -0.39 is 56.0 Å². The third kappa shape index (κ3) is 5.76. The van der Waals surface area contributed by atoms with Crippen molar-refractivity contribution in [1.29, 1.82) is 0 Å². The molecule has 3 atom stereocenters. The number of nitrogens with one attached hydrogen (secondary N) is 2. The Bertz CT molecular complexity index is 1080. The normalized spacial score (nSPS) is 15.4. The number of hydrogen-bond acceptors (Lipinski definition) is 8. The largest absolute Gasteiger partial charge is 0.394 e. The van der Waals surface area contributed by atoms with Gasteiger partial charge in [0.1, 0.15) is 24.0 Å². The molecule has 0 aliphatic carbocycles. The number of rotatable bonds is 11. The molecule has 2 heterocycles. The van der Waals surface area contributed by atoms with Gasteiger partial charge in [-0.1, -0.05) is 6.42 Å². The highest BCUT2D eigenvalue weighted by Crippen LogP contribution is 2.35. The lowest BCUT2D eigenvalue weighted by atomic mass is 10.1. The van der Waals surface area contributed by atoms with Crippen LogP contribution in [-0.2, 0) is 17.7 Å². The van der Waals surface area contributed by atoms with Crippen LogP contribution in [0.25, 0.3) is 11.2 Å². The van der Waals surface area contributed by atoms with Crippen LogP contribution in [0.15, 0.2) is 14.4 Å². The van der Waals surface area contributed by atoms with Crippen LogP contribution in [0.4, 0.5) is 0 Å². The van der Waals surface area contributed by atoms with E-state index in [4.69, 9.17) is 14.9 Å². The third-order valence-electron chi connectivity index (χ3n) is 4.58. The van der Waals surface area contributed by atoms with Crippen LogP contribution in [0, 0.1) is 0 Å². The molecule has 0 aliphatic rings. The van der Waals surface area contributed by atoms with Crippen molar-refractivity contribution in [2.75, 3.05) is 12.8 Å². The number of fused-ring (bicyclic) bond motifs is 1. The van der Waals surface area contributed by atoms with E-state index in [9.17, 15) is 34.3 Å². The van der Waals surface area contributed by atoms with Gasteiger partial charge in [0, 0.05) is 12.7 Å². The molecule has 0 radical (unpaired) electrons. The molecule has 2 aromatic heterocycles. The highest BCUT2D eigenvalue weighted by atomic mass is 31.2. The number of aromatic nitrogens is 4. The fraction of sp³-hybridized carbons (Fsp3) is 0.667. The van der Waals surface area contributed by atoms with Crippen LogP contribution in [0.5, 0.6) is 0 Å². The SMILES string of the molecule is O=c1[nH]c(=O)c2c([nH]1)n(C[C@H](O)[C@H](O)[C@H](O)CO)c(=O)n2CCCCCP(=O)(O)O. The summed E-state index contributed by atoms with van der Waals surface area (Å²) in [6, 6.07) is 0. The van der Waals surface area contributed by atoms with Crippen LogP contribution in [-0.4, -0.2) is 80.4 Å². The molecule has 0 unspecified atom stereocenters. The molecule has 0 fully saturated rings. The predicted molar refractivity (Wildman–Crippen MR) is 103 cm³/mol. The number of hydrogen-bond donors (Lipinski definition) is 8. The zero-order chi connectivity index (χ0) is 22.6. The molecule has 0 aromatic carbocycles. The zero-order valence-corrected chi connectivity index (χ0v) is 16.7. The van der Waals surface area contributed by atoms with Crippen LogP contribution in [0.1, 0.15) is 19.3 Å². The Labute approximate surface area is 168 Å². The number of nitrogens with zero attached hydrogens (tertiary/aromatic N) is 2. The quantitative estimate of drug-likeness (QED) is 0.124. The second-order valence-electron chi connectivity index (χ2n) is 6.91. The van der Waals surface area contributed by atoms with Gasteiger partial charge in [-0.15, -0.1) is 0 Å². The van der Waals surface area contributed by atoms with Gasteiger partial charge in [0.25, 0.3) is 5.56 Å². The minimum Gasteiger partial charge on any atom is -0.394 e. The Hall–Kier alpha value is -2.06. The molecule has 2 rings (SSSR count). The number of aliphatic hydroxyl groups is 4. The Morgan fingerprint density at radius 1 is 0.933 bits per heavy atom. The molecule has 2 aromatic rings. The topological polar surface area (TPSA) is 231 Å². The predicted octanol–water partition coefficient (Wildman–Crippen LogP) is -3.40. The maximum absolute atomic E-state index is 12.8. The highest BCUT2D eigenvalue weighted by Gasteiger charge is 2.27. The minimum absolute atomic E-state index is 0.00344. The molecule has 0 saturated carbocycles. The van der Waals surface area contributed by atoms with Gasteiger partial charge in [0.15, 0.2) is 5.52 Å². The molecule has 0 bridgehead atoms. The summed E-state index contributed by atoms with van der Waals surface area (Å²) in [5.74, 6) is 0. The van der Waals surface area contributed by atoms with Gasteiger partial charge in [0.2, 0.25) is 0 Å². The summed E-state index contributed by atoms with van der Waals surface area (Å²) in [5, 5.41) is 38.2. The molecule has 15 heteroatoms. The molecule has 0 spiro atoms. The lowest BCUT2D eigenvalue weighted by Gasteiger charge is -2.21. The number of H-pyrrole nitrogens is 2. The standard InChI is InChI=1S/C15H25N4O10P/c20-7-9(22)11(23)8(21)6-19-12-10(13(24)17-14(25)16-12)18(15(19)26)4-2-1-3-5-30(27,28)29/h8-9,11,20-23H,1-7H2,(H2,27,28,29)(H2,16,17,24,25)/t8-,9+,11-/m0/s1. The molecule has 30 heavy (non-hydrogen) atoms. The summed E-state index contributed by atoms with van der Waals surface area (Å²) in [7, 11) is -4.13. The maximum Gasteiger partial charge on any atom is 0.330 e. The van der Waals surface area contributed by atoms with Crippen molar-refractivity contribution in [3.05, 3.63) is 31.3 Å². The Balaban J connectivity index is 2.34.